The summed E-state index contributed by atoms with van der Waals surface area (Å²) in [6, 6.07) is 17.7. The Kier molecular flexibility index (Phi) is 7.38. The molecule has 0 radical (unpaired) electrons. The third kappa shape index (κ3) is 4.96. The number of amides is 2. The van der Waals surface area contributed by atoms with E-state index < -0.39 is 0 Å². The zero-order valence-corrected chi connectivity index (χ0v) is 18.1. The summed E-state index contributed by atoms with van der Waals surface area (Å²) < 4.78 is 5.94. The van der Waals surface area contributed by atoms with Crippen LogP contribution in [0.5, 0.6) is 5.75 Å². The van der Waals surface area contributed by atoms with E-state index in [0.717, 1.165) is 43.7 Å². The summed E-state index contributed by atoms with van der Waals surface area (Å²) >= 11 is 0. The quantitative estimate of drug-likeness (QED) is 0.783. The lowest BCUT2D eigenvalue weighted by molar-refractivity contribution is -0.124. The fourth-order valence-electron chi connectivity index (χ4n) is 4.67. The van der Waals surface area contributed by atoms with Crippen LogP contribution < -0.4 is 15.0 Å². The highest BCUT2D eigenvalue weighted by Crippen LogP contribution is 2.36. The summed E-state index contributed by atoms with van der Waals surface area (Å²) in [6.45, 7) is 2.82. The van der Waals surface area contributed by atoms with Gasteiger partial charge >= 0.3 is 0 Å². The minimum atomic E-state index is -0.213. The zero-order chi connectivity index (χ0) is 20.2. The molecule has 160 valence electrons. The first kappa shape index (κ1) is 22.2. The molecule has 5 nitrogen and oxygen atoms in total. The van der Waals surface area contributed by atoms with E-state index in [9.17, 15) is 9.59 Å². The molecule has 1 N–H and O–H groups in total. The Morgan fingerprint density at radius 3 is 2.57 bits per heavy atom. The number of carbonyl (C=O) groups is 2. The van der Waals surface area contributed by atoms with E-state index in [1.807, 2.05) is 53.4 Å². The number of anilines is 1. The molecular weight excluding hydrogens is 400 g/mol. The predicted octanol–water partition coefficient (Wildman–Crippen LogP) is 4.00. The largest absolute Gasteiger partial charge is 0.493 e. The van der Waals surface area contributed by atoms with Crippen LogP contribution >= 0.6 is 12.4 Å². The molecule has 2 amide bonds. The Balaban J connectivity index is 0.00000256. The van der Waals surface area contributed by atoms with Gasteiger partial charge in [0.15, 0.2) is 0 Å². The van der Waals surface area contributed by atoms with E-state index in [1.165, 1.54) is 12.5 Å². The predicted molar refractivity (Wildman–Crippen MR) is 120 cm³/mol. The zero-order valence-electron chi connectivity index (χ0n) is 17.3. The van der Waals surface area contributed by atoms with Crippen molar-refractivity contribution in [3.05, 3.63) is 60.2 Å². The SMILES string of the molecule is CC(=O)N[C@@H]1C[C@H](COc2ccccc2)C[C@H]1C(=O)N1CCCc2ccccc21.Cl. The Bertz CT molecular complexity index is 874. The van der Waals surface area contributed by atoms with Gasteiger partial charge in [0.2, 0.25) is 11.8 Å². The minimum absolute atomic E-state index is 0. The van der Waals surface area contributed by atoms with E-state index >= 15 is 0 Å². The van der Waals surface area contributed by atoms with Crippen LogP contribution in [0, 0.1) is 11.8 Å². The number of ether oxygens (including phenoxy) is 1. The topological polar surface area (TPSA) is 58.6 Å². The molecule has 4 rings (SSSR count). The van der Waals surface area contributed by atoms with Gasteiger partial charge < -0.3 is 15.0 Å². The van der Waals surface area contributed by atoms with E-state index in [-0.39, 0.29) is 42.1 Å². The number of nitrogens with one attached hydrogen (secondary N) is 1. The standard InChI is InChI=1S/C24H28N2O3.ClH/c1-17(27)25-22-15-18(16-29-20-10-3-2-4-11-20)14-21(22)24(28)26-13-7-9-19-8-5-6-12-23(19)26;/h2-6,8,10-12,18,21-22H,7,9,13-16H2,1H3,(H,25,27);1H/t18-,21-,22-;/m1./s1. The number of hydrogen-bond donors (Lipinski definition) is 1. The number of halogens is 1. The van der Waals surface area contributed by atoms with Crippen LogP contribution in [0.2, 0.25) is 0 Å². The third-order valence-corrected chi connectivity index (χ3v) is 5.97. The van der Waals surface area contributed by atoms with Gasteiger partial charge in [0, 0.05) is 25.2 Å². The molecule has 30 heavy (non-hydrogen) atoms. The van der Waals surface area contributed by atoms with Crippen LogP contribution in [-0.4, -0.2) is 31.0 Å². The maximum Gasteiger partial charge on any atom is 0.232 e. The van der Waals surface area contributed by atoms with E-state index in [0.29, 0.717) is 6.61 Å². The minimum Gasteiger partial charge on any atom is -0.493 e. The van der Waals surface area contributed by atoms with Crippen molar-refractivity contribution in [1.29, 1.82) is 0 Å². The summed E-state index contributed by atoms with van der Waals surface area (Å²) in [5.74, 6) is 0.897. The van der Waals surface area contributed by atoms with Crippen LogP contribution in [0.4, 0.5) is 5.69 Å². The highest BCUT2D eigenvalue weighted by molar-refractivity contribution is 5.97. The molecule has 1 saturated carbocycles. The highest BCUT2D eigenvalue weighted by Gasteiger charge is 2.42. The van der Waals surface area contributed by atoms with Crippen molar-refractivity contribution >= 4 is 29.9 Å². The second-order valence-corrected chi connectivity index (χ2v) is 8.10. The molecule has 0 saturated heterocycles. The van der Waals surface area contributed by atoms with Crippen LogP contribution in [0.15, 0.2) is 54.6 Å². The first-order valence-corrected chi connectivity index (χ1v) is 10.5. The second kappa shape index (κ2) is 9.98. The lowest BCUT2D eigenvalue weighted by atomic mass is 9.96. The number of fused-ring (bicyclic) bond motifs is 1. The number of hydrogen-bond acceptors (Lipinski definition) is 3. The highest BCUT2D eigenvalue weighted by atomic mass is 35.5. The van der Waals surface area contributed by atoms with Crippen molar-refractivity contribution in [2.24, 2.45) is 11.8 Å². The monoisotopic (exact) mass is 428 g/mol. The van der Waals surface area contributed by atoms with Gasteiger partial charge in [-0.05, 0) is 55.4 Å². The maximum absolute atomic E-state index is 13.5. The first-order valence-electron chi connectivity index (χ1n) is 10.5. The molecule has 6 heteroatoms. The van der Waals surface area contributed by atoms with Gasteiger partial charge in [0.1, 0.15) is 5.75 Å². The van der Waals surface area contributed by atoms with Crippen molar-refractivity contribution in [3.63, 3.8) is 0 Å². The van der Waals surface area contributed by atoms with Gasteiger partial charge in [0.25, 0.3) is 0 Å². The molecule has 0 bridgehead atoms. The average molecular weight is 429 g/mol. The molecule has 2 aromatic carbocycles. The molecule has 0 aromatic heterocycles. The molecular formula is C24H29ClN2O3. The van der Waals surface area contributed by atoms with Crippen LogP contribution in [-0.2, 0) is 16.0 Å². The molecule has 3 atom stereocenters. The van der Waals surface area contributed by atoms with Gasteiger partial charge in [0.05, 0.1) is 12.5 Å². The lowest BCUT2D eigenvalue weighted by Crippen LogP contribution is -2.46. The van der Waals surface area contributed by atoms with Gasteiger partial charge in [-0.2, -0.15) is 0 Å². The molecule has 1 heterocycles. The fourth-order valence-corrected chi connectivity index (χ4v) is 4.67. The van der Waals surface area contributed by atoms with Crippen molar-refractivity contribution in [2.45, 2.75) is 38.6 Å². The molecule has 2 aliphatic rings. The fraction of sp³-hybridized carbons (Fsp3) is 0.417. The molecule has 1 aliphatic heterocycles. The van der Waals surface area contributed by atoms with Crippen molar-refractivity contribution in [2.75, 3.05) is 18.1 Å². The number of rotatable bonds is 5. The summed E-state index contributed by atoms with van der Waals surface area (Å²) in [7, 11) is 0. The van der Waals surface area contributed by atoms with Crippen LogP contribution in [0.3, 0.4) is 0 Å². The van der Waals surface area contributed by atoms with Crippen molar-refractivity contribution in [3.8, 4) is 5.75 Å². The molecule has 2 aromatic rings. The Morgan fingerprint density at radius 2 is 1.80 bits per heavy atom. The molecule has 0 spiro atoms. The van der Waals surface area contributed by atoms with E-state index in [4.69, 9.17) is 4.74 Å². The number of benzene rings is 2. The Morgan fingerprint density at radius 1 is 1.07 bits per heavy atom. The Labute approximate surface area is 184 Å². The normalized spacial score (nSPS) is 22.6. The number of nitrogens with zero attached hydrogens (tertiary/aromatic N) is 1. The Hall–Kier alpha value is -2.53. The molecule has 1 aliphatic carbocycles. The van der Waals surface area contributed by atoms with E-state index in [2.05, 4.69) is 11.4 Å². The maximum atomic E-state index is 13.5. The second-order valence-electron chi connectivity index (χ2n) is 8.10. The van der Waals surface area contributed by atoms with Crippen molar-refractivity contribution in [1.82, 2.24) is 5.32 Å². The summed E-state index contributed by atoms with van der Waals surface area (Å²) in [5.41, 5.74) is 2.25. The van der Waals surface area contributed by atoms with Crippen LogP contribution in [0.1, 0.15) is 31.7 Å². The smallest absolute Gasteiger partial charge is 0.232 e. The lowest BCUT2D eigenvalue weighted by Gasteiger charge is -2.33. The summed E-state index contributed by atoms with van der Waals surface area (Å²) in [5, 5.41) is 3.02. The third-order valence-electron chi connectivity index (χ3n) is 5.97. The van der Waals surface area contributed by atoms with E-state index in [1.54, 1.807) is 0 Å². The van der Waals surface area contributed by atoms with Gasteiger partial charge in [-0.15, -0.1) is 12.4 Å². The number of carbonyl (C=O) groups excluding carboxylic acids is 2. The van der Waals surface area contributed by atoms with Gasteiger partial charge in [-0.1, -0.05) is 36.4 Å². The summed E-state index contributed by atoms with van der Waals surface area (Å²) in [6.07, 6.45) is 3.47. The number of para-hydroxylation sites is 2. The van der Waals surface area contributed by atoms with Crippen LogP contribution in [0.25, 0.3) is 0 Å². The number of aryl methyl sites for hydroxylation is 1. The van der Waals surface area contributed by atoms with Crippen molar-refractivity contribution < 1.29 is 14.3 Å². The molecule has 0 unspecified atom stereocenters. The first-order chi connectivity index (χ1) is 14.1. The summed E-state index contributed by atoms with van der Waals surface area (Å²) in [4.78, 5) is 27.2. The molecule has 1 fully saturated rings. The van der Waals surface area contributed by atoms with Gasteiger partial charge in [-0.25, -0.2) is 0 Å². The average Bonchev–Trinajstić information content (AvgIpc) is 3.14. The van der Waals surface area contributed by atoms with Gasteiger partial charge in [-0.3, -0.25) is 9.59 Å².